The number of amides is 3. The van der Waals surface area contributed by atoms with Crippen molar-refractivity contribution in [2.75, 3.05) is 6.61 Å². The van der Waals surface area contributed by atoms with Gasteiger partial charge in [0, 0.05) is 13.3 Å². The minimum atomic E-state index is -0.890. The minimum absolute atomic E-state index is 0.141. The van der Waals surface area contributed by atoms with Crippen molar-refractivity contribution in [3.05, 3.63) is 0 Å². The maximum absolute atomic E-state index is 11.3. The summed E-state index contributed by atoms with van der Waals surface area (Å²) in [6.45, 7) is 4.70. The largest absolute Gasteiger partial charge is 0.449 e. The van der Waals surface area contributed by atoms with E-state index >= 15 is 0 Å². The van der Waals surface area contributed by atoms with Crippen LogP contribution in [0.3, 0.4) is 0 Å². The van der Waals surface area contributed by atoms with Gasteiger partial charge >= 0.3 is 6.09 Å². The standard InChI is InChI=1S/C9H15NO4/c1-4-6-8(12)10(7(3)11)9(13)14-5-2/h4-6H2,1-3H3. The van der Waals surface area contributed by atoms with Gasteiger partial charge in [-0.3, -0.25) is 9.59 Å². The molecule has 0 fully saturated rings. The number of nitrogens with zero attached hydrogens (tertiary/aromatic N) is 1. The predicted molar refractivity (Wildman–Crippen MR) is 49.5 cm³/mol. The predicted octanol–water partition coefficient (Wildman–Crippen LogP) is 1.32. The summed E-state index contributed by atoms with van der Waals surface area (Å²) < 4.78 is 4.58. The van der Waals surface area contributed by atoms with E-state index in [4.69, 9.17) is 0 Å². The number of hydrogen-bond acceptors (Lipinski definition) is 4. The number of carbonyl (C=O) groups is 3. The SMILES string of the molecule is CCCC(=O)N(C(C)=O)C(=O)OCC. The van der Waals surface area contributed by atoms with E-state index in [1.807, 2.05) is 0 Å². The Bertz CT molecular complexity index is 219. The summed E-state index contributed by atoms with van der Waals surface area (Å²) in [5.41, 5.74) is 0. The van der Waals surface area contributed by atoms with E-state index in [1.165, 1.54) is 0 Å². The van der Waals surface area contributed by atoms with Crippen LogP contribution in [-0.2, 0) is 14.3 Å². The Morgan fingerprint density at radius 2 is 1.79 bits per heavy atom. The summed E-state index contributed by atoms with van der Waals surface area (Å²) in [6.07, 6.45) is -0.140. The van der Waals surface area contributed by atoms with Crippen LogP contribution in [0, 0.1) is 0 Å². The molecule has 0 aromatic heterocycles. The summed E-state index contributed by atoms with van der Waals surface area (Å²) >= 11 is 0. The molecule has 0 aliphatic carbocycles. The number of ether oxygens (including phenoxy) is 1. The molecule has 0 aliphatic rings. The number of hydrogen-bond donors (Lipinski definition) is 0. The van der Waals surface area contributed by atoms with Crippen molar-refractivity contribution in [2.45, 2.75) is 33.6 Å². The van der Waals surface area contributed by atoms with Gasteiger partial charge in [-0.2, -0.15) is 4.90 Å². The lowest BCUT2D eigenvalue weighted by Gasteiger charge is -2.15. The lowest BCUT2D eigenvalue weighted by atomic mass is 10.3. The van der Waals surface area contributed by atoms with Crippen molar-refractivity contribution >= 4 is 17.9 Å². The average molecular weight is 201 g/mol. The highest BCUT2D eigenvalue weighted by Gasteiger charge is 2.25. The lowest BCUT2D eigenvalue weighted by Crippen LogP contribution is -2.40. The highest BCUT2D eigenvalue weighted by molar-refractivity contribution is 6.07. The van der Waals surface area contributed by atoms with Crippen molar-refractivity contribution in [3.8, 4) is 0 Å². The molecule has 0 bridgehead atoms. The van der Waals surface area contributed by atoms with E-state index in [1.54, 1.807) is 13.8 Å². The maximum Gasteiger partial charge on any atom is 0.423 e. The molecule has 0 unspecified atom stereocenters. The molecule has 0 heterocycles. The fraction of sp³-hybridized carbons (Fsp3) is 0.667. The highest BCUT2D eigenvalue weighted by atomic mass is 16.6. The molecule has 0 rings (SSSR count). The molecule has 3 amide bonds. The molecule has 0 aromatic rings. The first-order chi connectivity index (χ1) is 6.54. The Morgan fingerprint density at radius 1 is 1.21 bits per heavy atom. The van der Waals surface area contributed by atoms with Crippen LogP contribution in [0.25, 0.3) is 0 Å². The summed E-state index contributed by atoms with van der Waals surface area (Å²) in [7, 11) is 0. The Balaban J connectivity index is 4.51. The van der Waals surface area contributed by atoms with Gasteiger partial charge < -0.3 is 4.74 Å². The van der Waals surface area contributed by atoms with Crippen LogP contribution in [0.15, 0.2) is 0 Å². The van der Waals surface area contributed by atoms with Gasteiger partial charge in [0.1, 0.15) is 0 Å². The molecule has 0 atom stereocenters. The molecule has 0 aliphatic heterocycles. The molecular weight excluding hydrogens is 186 g/mol. The average Bonchev–Trinajstić information content (AvgIpc) is 2.04. The third-order valence-corrected chi connectivity index (χ3v) is 1.48. The summed E-state index contributed by atoms with van der Waals surface area (Å²) in [5.74, 6) is -1.12. The van der Waals surface area contributed by atoms with Crippen LogP contribution in [0.1, 0.15) is 33.6 Å². The second-order valence-electron chi connectivity index (χ2n) is 2.70. The molecule has 0 saturated carbocycles. The quantitative estimate of drug-likeness (QED) is 0.690. The van der Waals surface area contributed by atoms with Crippen LogP contribution in [0.4, 0.5) is 4.79 Å². The zero-order chi connectivity index (χ0) is 11.1. The molecule has 0 radical (unpaired) electrons. The molecule has 0 N–H and O–H groups in total. The van der Waals surface area contributed by atoms with Crippen LogP contribution in [-0.4, -0.2) is 29.4 Å². The lowest BCUT2D eigenvalue weighted by molar-refractivity contribution is -0.141. The van der Waals surface area contributed by atoms with Crippen molar-refractivity contribution in [1.82, 2.24) is 4.90 Å². The monoisotopic (exact) mass is 201 g/mol. The maximum atomic E-state index is 11.3. The van der Waals surface area contributed by atoms with Crippen molar-refractivity contribution in [3.63, 3.8) is 0 Å². The van der Waals surface area contributed by atoms with Crippen molar-refractivity contribution in [1.29, 1.82) is 0 Å². The van der Waals surface area contributed by atoms with E-state index in [0.717, 1.165) is 6.92 Å². The van der Waals surface area contributed by atoms with Crippen molar-refractivity contribution < 1.29 is 19.1 Å². The van der Waals surface area contributed by atoms with E-state index in [-0.39, 0.29) is 13.0 Å². The van der Waals surface area contributed by atoms with Gasteiger partial charge in [0.05, 0.1) is 6.61 Å². The summed E-state index contributed by atoms with van der Waals surface area (Å²) in [5, 5.41) is 0. The van der Waals surface area contributed by atoms with Gasteiger partial charge in [-0.05, 0) is 13.3 Å². The van der Waals surface area contributed by atoms with Gasteiger partial charge in [-0.1, -0.05) is 6.92 Å². The zero-order valence-corrected chi connectivity index (χ0v) is 8.70. The molecule has 80 valence electrons. The normalized spacial score (nSPS) is 9.36. The molecule has 5 heteroatoms. The van der Waals surface area contributed by atoms with Crippen LogP contribution in [0.2, 0.25) is 0 Å². The minimum Gasteiger partial charge on any atom is -0.449 e. The second-order valence-corrected chi connectivity index (χ2v) is 2.70. The second kappa shape index (κ2) is 6.12. The number of carbonyl (C=O) groups excluding carboxylic acids is 3. The Labute approximate surface area is 83.0 Å². The van der Waals surface area contributed by atoms with Gasteiger partial charge in [0.25, 0.3) is 0 Å². The highest BCUT2D eigenvalue weighted by Crippen LogP contribution is 2.01. The Kier molecular flexibility index (Phi) is 5.52. The zero-order valence-electron chi connectivity index (χ0n) is 8.70. The van der Waals surface area contributed by atoms with Crippen LogP contribution >= 0.6 is 0 Å². The van der Waals surface area contributed by atoms with E-state index in [0.29, 0.717) is 11.3 Å². The van der Waals surface area contributed by atoms with Crippen molar-refractivity contribution in [2.24, 2.45) is 0 Å². The Hall–Kier alpha value is -1.39. The van der Waals surface area contributed by atoms with Crippen LogP contribution < -0.4 is 0 Å². The molecule has 0 saturated heterocycles. The summed E-state index contributed by atoms with van der Waals surface area (Å²) in [6, 6.07) is 0. The molecular formula is C9H15NO4. The van der Waals surface area contributed by atoms with Crippen LogP contribution in [0.5, 0.6) is 0 Å². The van der Waals surface area contributed by atoms with E-state index < -0.39 is 17.9 Å². The third kappa shape index (κ3) is 3.55. The van der Waals surface area contributed by atoms with Gasteiger partial charge in [0.15, 0.2) is 0 Å². The number of imide groups is 3. The summed E-state index contributed by atoms with van der Waals surface area (Å²) in [4.78, 5) is 34.0. The molecule has 14 heavy (non-hydrogen) atoms. The van der Waals surface area contributed by atoms with Gasteiger partial charge in [-0.25, -0.2) is 4.79 Å². The van der Waals surface area contributed by atoms with E-state index in [9.17, 15) is 14.4 Å². The fourth-order valence-corrected chi connectivity index (χ4v) is 0.920. The number of rotatable bonds is 3. The van der Waals surface area contributed by atoms with E-state index in [2.05, 4.69) is 4.74 Å². The molecule has 0 spiro atoms. The Morgan fingerprint density at radius 3 is 2.14 bits per heavy atom. The smallest absolute Gasteiger partial charge is 0.423 e. The first kappa shape index (κ1) is 12.6. The fourth-order valence-electron chi connectivity index (χ4n) is 0.920. The molecule has 5 nitrogen and oxygen atoms in total. The first-order valence-corrected chi connectivity index (χ1v) is 4.54. The van der Waals surface area contributed by atoms with Gasteiger partial charge in [0.2, 0.25) is 11.8 Å². The topological polar surface area (TPSA) is 63.7 Å². The van der Waals surface area contributed by atoms with Gasteiger partial charge in [-0.15, -0.1) is 0 Å². The third-order valence-electron chi connectivity index (χ3n) is 1.48. The first-order valence-electron chi connectivity index (χ1n) is 4.54. The molecule has 0 aromatic carbocycles.